The van der Waals surface area contributed by atoms with Gasteiger partial charge in [0.1, 0.15) is 18.2 Å². The van der Waals surface area contributed by atoms with Crippen LogP contribution in [0.4, 0.5) is 10.1 Å². The van der Waals surface area contributed by atoms with Gasteiger partial charge in [-0.1, -0.05) is 11.6 Å². The molecule has 0 unspecified atom stereocenters. The molecule has 0 fully saturated rings. The highest BCUT2D eigenvalue weighted by atomic mass is 35.5. The van der Waals surface area contributed by atoms with Crippen molar-refractivity contribution in [2.24, 2.45) is 4.99 Å². The highest BCUT2D eigenvalue weighted by Crippen LogP contribution is 2.29. The second-order valence-electron chi connectivity index (χ2n) is 5.63. The van der Waals surface area contributed by atoms with Gasteiger partial charge in [-0.3, -0.25) is 4.99 Å². The molecule has 0 aliphatic carbocycles. The van der Waals surface area contributed by atoms with Crippen LogP contribution in [0.25, 0.3) is 0 Å². The smallest absolute Gasteiger partial charge is 0.371 e. The first kappa shape index (κ1) is 19.4. The molecule has 3 aromatic rings. The quantitative estimate of drug-likeness (QED) is 0.554. The second kappa shape index (κ2) is 8.58. The number of carbonyl (C=O) groups is 1. The van der Waals surface area contributed by atoms with E-state index in [1.165, 1.54) is 37.4 Å². The maximum absolute atomic E-state index is 13.2. The van der Waals surface area contributed by atoms with Crippen molar-refractivity contribution in [3.63, 3.8) is 0 Å². The molecular weight excluding hydrogens is 389 g/mol. The molecule has 6 nitrogen and oxygen atoms in total. The summed E-state index contributed by atoms with van der Waals surface area (Å²) >= 11 is 5.74. The topological polar surface area (TPSA) is 81.3 Å². The summed E-state index contributed by atoms with van der Waals surface area (Å²) in [6, 6.07) is 12.3. The summed E-state index contributed by atoms with van der Waals surface area (Å²) in [6.45, 7) is 0.0468. The average molecular weight is 404 g/mol. The Bertz CT molecular complexity index is 1030. The van der Waals surface area contributed by atoms with Gasteiger partial charge >= 0.3 is 5.97 Å². The fourth-order valence-corrected chi connectivity index (χ4v) is 2.49. The molecule has 0 atom stereocenters. The minimum absolute atomic E-state index is 0.0000369. The van der Waals surface area contributed by atoms with Gasteiger partial charge in [0.05, 0.1) is 17.8 Å². The molecule has 0 amide bonds. The fraction of sp³-hybridized carbons (Fsp3) is 0.100. The van der Waals surface area contributed by atoms with Gasteiger partial charge in [-0.15, -0.1) is 0 Å². The number of methoxy groups -OCH3 is 1. The average Bonchev–Trinajstić information content (AvgIpc) is 3.17. The largest absolute Gasteiger partial charge is 0.493 e. The summed E-state index contributed by atoms with van der Waals surface area (Å²) in [5, 5.41) is 8.86. The number of furan rings is 1. The fourth-order valence-electron chi connectivity index (χ4n) is 2.32. The van der Waals surface area contributed by atoms with E-state index in [9.17, 15) is 9.18 Å². The van der Waals surface area contributed by atoms with Gasteiger partial charge in [-0.25, -0.2) is 9.18 Å². The number of hydrogen-bond acceptors (Lipinski definition) is 5. The van der Waals surface area contributed by atoms with Crippen LogP contribution in [0, 0.1) is 5.82 Å². The number of aromatic carboxylic acids is 1. The van der Waals surface area contributed by atoms with Gasteiger partial charge < -0.3 is 19.0 Å². The van der Waals surface area contributed by atoms with E-state index in [2.05, 4.69) is 4.99 Å². The molecule has 0 aliphatic rings. The Morgan fingerprint density at radius 3 is 2.71 bits per heavy atom. The molecule has 8 heteroatoms. The number of rotatable bonds is 7. The molecule has 2 aromatic carbocycles. The molecule has 0 saturated heterocycles. The monoisotopic (exact) mass is 403 g/mol. The zero-order chi connectivity index (χ0) is 20.1. The molecule has 1 heterocycles. The summed E-state index contributed by atoms with van der Waals surface area (Å²) < 4.78 is 29.3. The van der Waals surface area contributed by atoms with E-state index < -0.39 is 11.8 Å². The summed E-state index contributed by atoms with van der Waals surface area (Å²) in [7, 11) is 1.50. The Labute approximate surface area is 164 Å². The van der Waals surface area contributed by atoms with E-state index in [1.807, 2.05) is 0 Å². The Hall–Kier alpha value is -3.32. The number of ether oxygens (including phenoxy) is 2. The van der Waals surface area contributed by atoms with Crippen molar-refractivity contribution in [1.29, 1.82) is 0 Å². The van der Waals surface area contributed by atoms with E-state index in [1.54, 1.807) is 24.4 Å². The van der Waals surface area contributed by atoms with Crippen LogP contribution in [-0.4, -0.2) is 24.4 Å². The molecule has 0 saturated carbocycles. The molecule has 0 bridgehead atoms. The van der Waals surface area contributed by atoms with Crippen molar-refractivity contribution in [3.05, 3.63) is 76.5 Å². The standard InChI is InChI=1S/C20H15ClFNO5/c1-26-19-8-12(10-23-13-3-5-16(22)15(21)9-13)2-6-17(19)27-11-14-4-7-18(28-14)20(24)25/h2-10H,11H2,1H3,(H,24,25). The van der Waals surface area contributed by atoms with Crippen LogP contribution in [0.15, 0.2) is 57.9 Å². The lowest BCUT2D eigenvalue weighted by atomic mass is 10.2. The van der Waals surface area contributed by atoms with Crippen LogP contribution >= 0.6 is 11.6 Å². The zero-order valence-corrected chi connectivity index (χ0v) is 15.4. The minimum Gasteiger partial charge on any atom is -0.493 e. The first-order valence-electron chi connectivity index (χ1n) is 8.08. The number of aliphatic imine (C=N–C) groups is 1. The molecule has 0 spiro atoms. The summed E-state index contributed by atoms with van der Waals surface area (Å²) in [5.74, 6) is -0.508. The lowest BCUT2D eigenvalue weighted by Crippen LogP contribution is -1.98. The Morgan fingerprint density at radius 2 is 2.04 bits per heavy atom. The SMILES string of the molecule is COc1cc(C=Nc2ccc(F)c(Cl)c2)ccc1OCc1ccc(C(=O)O)o1. The molecular formula is C20H15ClFNO5. The summed E-state index contributed by atoms with van der Waals surface area (Å²) in [4.78, 5) is 15.1. The van der Waals surface area contributed by atoms with Crippen molar-refractivity contribution >= 4 is 29.5 Å². The zero-order valence-electron chi connectivity index (χ0n) is 14.7. The minimum atomic E-state index is -1.14. The van der Waals surface area contributed by atoms with E-state index >= 15 is 0 Å². The number of carboxylic acids is 1. The van der Waals surface area contributed by atoms with Crippen molar-refractivity contribution in [2.75, 3.05) is 7.11 Å². The van der Waals surface area contributed by atoms with E-state index in [0.29, 0.717) is 22.9 Å². The predicted octanol–water partition coefficient (Wildman–Crippen LogP) is 5.11. The second-order valence-corrected chi connectivity index (χ2v) is 6.03. The van der Waals surface area contributed by atoms with Crippen LogP contribution in [0.5, 0.6) is 11.5 Å². The van der Waals surface area contributed by atoms with Crippen LogP contribution < -0.4 is 9.47 Å². The third-order valence-electron chi connectivity index (χ3n) is 3.70. The number of benzene rings is 2. The Kier molecular flexibility index (Phi) is 5.96. The van der Waals surface area contributed by atoms with Crippen LogP contribution in [0.2, 0.25) is 5.02 Å². The third-order valence-corrected chi connectivity index (χ3v) is 3.99. The van der Waals surface area contributed by atoms with Gasteiger partial charge in [-0.05, 0) is 54.1 Å². The first-order valence-corrected chi connectivity index (χ1v) is 8.46. The lowest BCUT2D eigenvalue weighted by Gasteiger charge is -2.10. The third kappa shape index (κ3) is 4.69. The molecule has 0 radical (unpaired) electrons. The summed E-state index contributed by atoms with van der Waals surface area (Å²) in [5.41, 5.74) is 1.24. The van der Waals surface area contributed by atoms with Crippen LogP contribution in [0.3, 0.4) is 0 Å². The van der Waals surface area contributed by atoms with Crippen LogP contribution in [0.1, 0.15) is 21.9 Å². The van der Waals surface area contributed by atoms with Gasteiger partial charge in [-0.2, -0.15) is 0 Å². The number of nitrogens with zero attached hydrogens (tertiary/aromatic N) is 1. The number of carboxylic acid groups (broad SMARTS) is 1. The maximum atomic E-state index is 13.2. The molecule has 28 heavy (non-hydrogen) atoms. The summed E-state index contributed by atoms with van der Waals surface area (Å²) in [6.07, 6.45) is 1.58. The molecule has 3 rings (SSSR count). The Morgan fingerprint density at radius 1 is 1.21 bits per heavy atom. The Balaban J connectivity index is 1.71. The predicted molar refractivity (Wildman–Crippen MR) is 102 cm³/mol. The first-order chi connectivity index (χ1) is 13.5. The maximum Gasteiger partial charge on any atom is 0.371 e. The normalized spacial score (nSPS) is 11.0. The van der Waals surface area contributed by atoms with E-state index in [0.717, 1.165) is 5.56 Å². The van der Waals surface area contributed by atoms with E-state index in [-0.39, 0.29) is 17.4 Å². The molecule has 1 N–H and O–H groups in total. The van der Waals surface area contributed by atoms with E-state index in [4.69, 9.17) is 30.6 Å². The van der Waals surface area contributed by atoms with Crippen molar-refractivity contribution < 1.29 is 28.2 Å². The molecule has 144 valence electrons. The van der Waals surface area contributed by atoms with Gasteiger partial charge in [0.2, 0.25) is 5.76 Å². The van der Waals surface area contributed by atoms with Gasteiger partial charge in [0, 0.05) is 6.21 Å². The van der Waals surface area contributed by atoms with Gasteiger partial charge in [0.15, 0.2) is 11.5 Å². The van der Waals surface area contributed by atoms with Crippen molar-refractivity contribution in [3.8, 4) is 11.5 Å². The highest BCUT2D eigenvalue weighted by molar-refractivity contribution is 6.31. The van der Waals surface area contributed by atoms with Gasteiger partial charge in [0.25, 0.3) is 0 Å². The lowest BCUT2D eigenvalue weighted by molar-refractivity contribution is 0.0658. The van der Waals surface area contributed by atoms with Crippen molar-refractivity contribution in [2.45, 2.75) is 6.61 Å². The van der Waals surface area contributed by atoms with Crippen LogP contribution in [-0.2, 0) is 6.61 Å². The molecule has 0 aliphatic heterocycles. The molecule has 1 aromatic heterocycles. The highest BCUT2D eigenvalue weighted by Gasteiger charge is 2.11. The number of hydrogen-bond donors (Lipinski definition) is 1. The number of halogens is 2. The van der Waals surface area contributed by atoms with Crippen molar-refractivity contribution in [1.82, 2.24) is 0 Å².